The summed E-state index contributed by atoms with van der Waals surface area (Å²) in [6.07, 6.45) is 1.35. The summed E-state index contributed by atoms with van der Waals surface area (Å²) in [7, 11) is 0. The minimum absolute atomic E-state index is 0.127. The van der Waals surface area contributed by atoms with Crippen molar-refractivity contribution in [2.45, 2.75) is 52.6 Å². The van der Waals surface area contributed by atoms with Gasteiger partial charge in [0.1, 0.15) is 0 Å². The Morgan fingerprint density at radius 3 is 2.67 bits per heavy atom. The van der Waals surface area contributed by atoms with Crippen molar-refractivity contribution in [3.8, 4) is 11.4 Å². The molecule has 0 aliphatic carbocycles. The highest BCUT2D eigenvalue weighted by Crippen LogP contribution is 2.17. The molecule has 2 heterocycles. The molecule has 0 saturated carbocycles. The first-order chi connectivity index (χ1) is 14.4. The molecule has 30 heavy (non-hydrogen) atoms. The molecule has 3 rings (SSSR count). The summed E-state index contributed by atoms with van der Waals surface area (Å²) < 4.78 is 6.96. The van der Waals surface area contributed by atoms with Crippen molar-refractivity contribution in [1.82, 2.24) is 20.0 Å². The fourth-order valence-electron chi connectivity index (χ4n) is 3.18. The Balaban J connectivity index is 1.62. The second kappa shape index (κ2) is 9.71. The maximum atomic E-state index is 12.7. The molecule has 2 aromatic heterocycles. The lowest BCUT2D eigenvalue weighted by atomic mass is 10.1. The molecular formula is C22H25ClN4O3. The Labute approximate surface area is 180 Å². The van der Waals surface area contributed by atoms with Crippen molar-refractivity contribution in [1.29, 1.82) is 0 Å². The Kier molecular flexibility index (Phi) is 7.05. The van der Waals surface area contributed by atoms with Gasteiger partial charge in [-0.2, -0.15) is 4.98 Å². The summed E-state index contributed by atoms with van der Waals surface area (Å²) in [4.78, 5) is 29.3. The van der Waals surface area contributed by atoms with Crippen LogP contribution in [0.5, 0.6) is 0 Å². The van der Waals surface area contributed by atoms with Crippen LogP contribution in [0.2, 0.25) is 5.02 Å². The molecule has 0 saturated heterocycles. The molecule has 0 bridgehead atoms. The number of nitrogens with zero attached hydrogens (tertiary/aromatic N) is 3. The summed E-state index contributed by atoms with van der Waals surface area (Å²) in [6, 6.07) is 10.8. The van der Waals surface area contributed by atoms with Gasteiger partial charge in [-0.1, -0.05) is 35.8 Å². The van der Waals surface area contributed by atoms with E-state index >= 15 is 0 Å². The van der Waals surface area contributed by atoms with E-state index in [-0.39, 0.29) is 29.8 Å². The number of hydrogen-bond acceptors (Lipinski definition) is 5. The molecule has 0 radical (unpaired) electrons. The van der Waals surface area contributed by atoms with E-state index in [1.54, 1.807) is 22.8 Å². The van der Waals surface area contributed by atoms with Crippen LogP contribution in [0.25, 0.3) is 11.4 Å². The molecule has 8 heteroatoms. The summed E-state index contributed by atoms with van der Waals surface area (Å²) >= 11 is 5.90. The second-order valence-corrected chi connectivity index (χ2v) is 7.63. The number of hydrogen-bond donors (Lipinski definition) is 1. The average Bonchev–Trinajstić information content (AvgIpc) is 3.19. The first kappa shape index (κ1) is 21.8. The van der Waals surface area contributed by atoms with Gasteiger partial charge in [-0.25, -0.2) is 0 Å². The molecule has 0 fully saturated rings. The number of benzene rings is 1. The zero-order valence-electron chi connectivity index (χ0n) is 17.3. The normalized spacial score (nSPS) is 12.0. The molecule has 0 aliphatic rings. The standard InChI is InChI=1S/C22H25ClN4O3/c1-4-13-27-14(2)5-10-18(22(27)29)21-25-20(30-26-21)12-11-19(28)24-15(3)16-6-8-17(23)9-7-16/h5-10,15H,4,11-13H2,1-3H3,(H,24,28)/t15-/m1/s1. The minimum Gasteiger partial charge on any atom is -0.350 e. The molecule has 3 aromatic rings. The minimum atomic E-state index is -0.141. The molecule has 0 spiro atoms. The number of carbonyl (C=O) groups is 1. The summed E-state index contributed by atoms with van der Waals surface area (Å²) in [5.41, 5.74) is 2.11. The monoisotopic (exact) mass is 428 g/mol. The third-order valence-electron chi connectivity index (χ3n) is 4.86. The van der Waals surface area contributed by atoms with Crippen LogP contribution in [0, 0.1) is 6.92 Å². The molecule has 0 aliphatic heterocycles. The molecule has 1 aromatic carbocycles. The predicted molar refractivity (Wildman–Crippen MR) is 115 cm³/mol. The van der Waals surface area contributed by atoms with E-state index in [0.29, 0.717) is 29.4 Å². The van der Waals surface area contributed by atoms with Gasteiger partial charge in [-0.3, -0.25) is 9.59 Å². The average molecular weight is 429 g/mol. The number of nitrogens with one attached hydrogen (secondary N) is 1. The number of aromatic nitrogens is 3. The van der Waals surface area contributed by atoms with Crippen LogP contribution >= 0.6 is 11.6 Å². The van der Waals surface area contributed by atoms with E-state index in [1.165, 1.54) is 0 Å². The number of aryl methyl sites for hydroxylation is 2. The van der Waals surface area contributed by atoms with Crippen molar-refractivity contribution < 1.29 is 9.32 Å². The van der Waals surface area contributed by atoms with E-state index < -0.39 is 0 Å². The van der Waals surface area contributed by atoms with Crippen molar-refractivity contribution >= 4 is 17.5 Å². The number of rotatable bonds is 8. The first-order valence-electron chi connectivity index (χ1n) is 9.97. The zero-order chi connectivity index (χ0) is 21.7. The highest BCUT2D eigenvalue weighted by atomic mass is 35.5. The molecule has 1 N–H and O–H groups in total. The van der Waals surface area contributed by atoms with Gasteiger partial charge in [-0.15, -0.1) is 0 Å². The highest BCUT2D eigenvalue weighted by Gasteiger charge is 2.16. The van der Waals surface area contributed by atoms with Crippen LogP contribution in [0.15, 0.2) is 45.7 Å². The lowest BCUT2D eigenvalue weighted by Gasteiger charge is -2.14. The van der Waals surface area contributed by atoms with E-state index in [2.05, 4.69) is 15.5 Å². The Bertz CT molecular complexity index is 1070. The van der Waals surface area contributed by atoms with Gasteiger partial charge in [0.25, 0.3) is 5.56 Å². The van der Waals surface area contributed by atoms with E-state index in [1.807, 2.05) is 39.0 Å². The van der Waals surface area contributed by atoms with E-state index in [4.69, 9.17) is 16.1 Å². The Morgan fingerprint density at radius 1 is 1.23 bits per heavy atom. The zero-order valence-corrected chi connectivity index (χ0v) is 18.1. The smallest absolute Gasteiger partial charge is 0.261 e. The SMILES string of the molecule is CCCn1c(C)ccc(-c2noc(CCC(=O)N[C@H](C)c3ccc(Cl)cc3)n2)c1=O. The van der Waals surface area contributed by atoms with Gasteiger partial charge in [0, 0.05) is 30.1 Å². The van der Waals surface area contributed by atoms with Crippen LogP contribution in [0.3, 0.4) is 0 Å². The maximum Gasteiger partial charge on any atom is 0.261 e. The number of halogens is 1. The fourth-order valence-corrected chi connectivity index (χ4v) is 3.30. The fraction of sp³-hybridized carbons (Fsp3) is 0.364. The molecule has 7 nitrogen and oxygen atoms in total. The van der Waals surface area contributed by atoms with Crippen molar-refractivity contribution in [2.75, 3.05) is 0 Å². The lowest BCUT2D eigenvalue weighted by molar-refractivity contribution is -0.121. The highest BCUT2D eigenvalue weighted by molar-refractivity contribution is 6.30. The summed E-state index contributed by atoms with van der Waals surface area (Å²) in [5, 5.41) is 7.52. The molecule has 158 valence electrons. The van der Waals surface area contributed by atoms with Gasteiger partial charge in [0.2, 0.25) is 17.6 Å². The molecule has 1 amide bonds. The maximum absolute atomic E-state index is 12.7. The first-order valence-corrected chi connectivity index (χ1v) is 10.3. The topological polar surface area (TPSA) is 90.0 Å². The largest absolute Gasteiger partial charge is 0.350 e. The number of carbonyl (C=O) groups excluding carboxylic acids is 1. The van der Waals surface area contributed by atoms with Gasteiger partial charge in [0.15, 0.2) is 0 Å². The van der Waals surface area contributed by atoms with Crippen LogP contribution in [0.4, 0.5) is 0 Å². The lowest BCUT2D eigenvalue weighted by Crippen LogP contribution is -2.26. The van der Waals surface area contributed by atoms with Crippen molar-refractivity contribution in [3.63, 3.8) is 0 Å². The van der Waals surface area contributed by atoms with Crippen LogP contribution in [-0.4, -0.2) is 20.6 Å². The molecule has 0 unspecified atom stereocenters. The van der Waals surface area contributed by atoms with E-state index in [9.17, 15) is 9.59 Å². The van der Waals surface area contributed by atoms with Crippen molar-refractivity contribution in [2.24, 2.45) is 0 Å². The van der Waals surface area contributed by atoms with Gasteiger partial charge in [-0.05, 0) is 50.1 Å². The van der Waals surface area contributed by atoms with Crippen LogP contribution in [-0.2, 0) is 17.8 Å². The van der Waals surface area contributed by atoms with Crippen LogP contribution in [0.1, 0.15) is 49.9 Å². The molecule has 1 atom stereocenters. The Morgan fingerprint density at radius 2 is 1.97 bits per heavy atom. The second-order valence-electron chi connectivity index (χ2n) is 7.20. The molecular weight excluding hydrogens is 404 g/mol. The predicted octanol–water partition coefficient (Wildman–Crippen LogP) is 4.08. The van der Waals surface area contributed by atoms with Gasteiger partial charge < -0.3 is 14.4 Å². The van der Waals surface area contributed by atoms with Gasteiger partial charge >= 0.3 is 0 Å². The van der Waals surface area contributed by atoms with Gasteiger partial charge in [0.05, 0.1) is 11.6 Å². The Hall–Kier alpha value is -2.93. The summed E-state index contributed by atoms with van der Waals surface area (Å²) in [5.74, 6) is 0.439. The van der Waals surface area contributed by atoms with E-state index in [0.717, 1.165) is 17.7 Å². The third-order valence-corrected chi connectivity index (χ3v) is 5.11. The van der Waals surface area contributed by atoms with Crippen LogP contribution < -0.4 is 10.9 Å². The number of amides is 1. The summed E-state index contributed by atoms with van der Waals surface area (Å²) in [6.45, 7) is 6.45. The third kappa shape index (κ3) is 5.16. The quantitative estimate of drug-likeness (QED) is 0.583. The number of pyridine rings is 1. The van der Waals surface area contributed by atoms with Crippen molar-refractivity contribution in [3.05, 3.63) is 68.9 Å².